The van der Waals surface area contributed by atoms with Crippen molar-refractivity contribution in [2.24, 2.45) is 0 Å². The summed E-state index contributed by atoms with van der Waals surface area (Å²) in [6, 6.07) is 11.1. The summed E-state index contributed by atoms with van der Waals surface area (Å²) in [5, 5.41) is 5.81. The lowest BCUT2D eigenvalue weighted by Gasteiger charge is -1.99. The van der Waals surface area contributed by atoms with Crippen LogP contribution in [0.5, 0.6) is 5.75 Å². The molecule has 0 saturated carbocycles. The van der Waals surface area contributed by atoms with Crippen LogP contribution in [0.15, 0.2) is 52.4 Å². The number of methoxy groups -OCH3 is 1. The first-order valence-corrected chi connectivity index (χ1v) is 7.98. The molecule has 0 radical (unpaired) electrons. The molecule has 0 unspecified atom stereocenters. The van der Waals surface area contributed by atoms with Crippen molar-refractivity contribution in [3.8, 4) is 17.1 Å². The zero-order chi connectivity index (χ0) is 16.8. The highest BCUT2D eigenvalue weighted by Gasteiger charge is 2.10. The van der Waals surface area contributed by atoms with Gasteiger partial charge >= 0.3 is 5.97 Å². The van der Waals surface area contributed by atoms with Crippen molar-refractivity contribution >= 4 is 23.4 Å². The molecule has 0 N–H and O–H groups in total. The lowest BCUT2D eigenvalue weighted by molar-refractivity contribution is -0.139. The summed E-state index contributed by atoms with van der Waals surface area (Å²) in [6.45, 7) is -0.0788. The molecule has 0 spiro atoms. The topological polar surface area (TPSA) is 74.5 Å². The first-order valence-electron chi connectivity index (χ1n) is 7.10. The highest BCUT2D eigenvalue weighted by molar-refractivity contribution is 7.10. The molecule has 2 heterocycles. The van der Waals surface area contributed by atoms with E-state index in [1.807, 2.05) is 35.7 Å². The third-order valence-corrected chi connectivity index (χ3v) is 3.90. The minimum absolute atomic E-state index is 0.0788. The van der Waals surface area contributed by atoms with E-state index in [0.717, 1.165) is 10.4 Å². The molecule has 1 aromatic carbocycles. The lowest BCUT2D eigenvalue weighted by Crippen LogP contribution is -2.00. The van der Waals surface area contributed by atoms with Gasteiger partial charge in [0.2, 0.25) is 5.82 Å². The third kappa shape index (κ3) is 4.08. The molecule has 2 aromatic heterocycles. The van der Waals surface area contributed by atoms with E-state index in [1.165, 1.54) is 17.4 Å². The van der Waals surface area contributed by atoms with Crippen LogP contribution in [0.2, 0.25) is 0 Å². The van der Waals surface area contributed by atoms with E-state index in [1.54, 1.807) is 19.3 Å². The molecule has 24 heavy (non-hydrogen) atoms. The molecular weight excluding hydrogens is 328 g/mol. The fourth-order valence-corrected chi connectivity index (χ4v) is 2.53. The second kappa shape index (κ2) is 7.56. The zero-order valence-electron chi connectivity index (χ0n) is 12.8. The molecule has 0 atom stereocenters. The maximum Gasteiger partial charge on any atom is 0.331 e. The smallest absolute Gasteiger partial charge is 0.331 e. The normalized spacial score (nSPS) is 10.9. The molecule has 0 aliphatic rings. The number of thiophene rings is 1. The van der Waals surface area contributed by atoms with Crippen LogP contribution in [0, 0.1) is 0 Å². The molecule has 0 bridgehead atoms. The number of benzene rings is 1. The number of esters is 1. The molecule has 3 rings (SSSR count). The van der Waals surface area contributed by atoms with Crippen molar-refractivity contribution in [1.29, 1.82) is 0 Å². The molecule has 0 amide bonds. The van der Waals surface area contributed by atoms with Gasteiger partial charge in [-0.2, -0.15) is 4.98 Å². The van der Waals surface area contributed by atoms with E-state index in [-0.39, 0.29) is 12.5 Å². The Hall–Kier alpha value is -2.93. The van der Waals surface area contributed by atoms with E-state index >= 15 is 0 Å². The maximum atomic E-state index is 11.7. The highest BCUT2D eigenvalue weighted by Crippen LogP contribution is 2.21. The van der Waals surface area contributed by atoms with Gasteiger partial charge in [-0.3, -0.25) is 0 Å². The fraction of sp³-hybridized carbons (Fsp3) is 0.118. The van der Waals surface area contributed by atoms with Gasteiger partial charge in [0.05, 0.1) is 7.11 Å². The molecule has 3 aromatic rings. The number of ether oxygens (including phenoxy) is 2. The van der Waals surface area contributed by atoms with Crippen LogP contribution >= 0.6 is 11.3 Å². The van der Waals surface area contributed by atoms with Gasteiger partial charge in [0.25, 0.3) is 5.89 Å². The van der Waals surface area contributed by atoms with Gasteiger partial charge in [-0.15, -0.1) is 11.3 Å². The second-order valence-corrected chi connectivity index (χ2v) is 5.68. The first kappa shape index (κ1) is 15.9. The lowest BCUT2D eigenvalue weighted by atomic mass is 10.2. The van der Waals surface area contributed by atoms with Crippen LogP contribution in [-0.4, -0.2) is 23.2 Å². The Bertz CT molecular complexity index is 840. The van der Waals surface area contributed by atoms with Crippen molar-refractivity contribution in [2.45, 2.75) is 6.61 Å². The monoisotopic (exact) mass is 342 g/mol. The number of carbonyl (C=O) groups is 1. The Morgan fingerprint density at radius 1 is 1.33 bits per heavy atom. The SMILES string of the molecule is COc1cccc(-c2noc(COC(=O)/C=C/c3cccs3)n2)c1. The van der Waals surface area contributed by atoms with Crippen LogP contribution in [0.1, 0.15) is 10.8 Å². The van der Waals surface area contributed by atoms with E-state index in [9.17, 15) is 4.79 Å². The van der Waals surface area contributed by atoms with E-state index in [0.29, 0.717) is 11.6 Å². The first-order chi connectivity index (χ1) is 11.7. The number of nitrogens with zero attached hydrogens (tertiary/aromatic N) is 2. The second-order valence-electron chi connectivity index (χ2n) is 4.70. The van der Waals surface area contributed by atoms with Crippen molar-refractivity contribution in [3.63, 3.8) is 0 Å². The van der Waals surface area contributed by atoms with Gasteiger partial charge in [-0.25, -0.2) is 4.79 Å². The van der Waals surface area contributed by atoms with Gasteiger partial charge in [0, 0.05) is 16.5 Å². The summed E-state index contributed by atoms with van der Waals surface area (Å²) in [5.74, 6) is 0.869. The highest BCUT2D eigenvalue weighted by atomic mass is 32.1. The van der Waals surface area contributed by atoms with E-state index in [4.69, 9.17) is 14.0 Å². The van der Waals surface area contributed by atoms with Gasteiger partial charge < -0.3 is 14.0 Å². The fourth-order valence-electron chi connectivity index (χ4n) is 1.91. The maximum absolute atomic E-state index is 11.7. The number of aromatic nitrogens is 2. The van der Waals surface area contributed by atoms with Crippen LogP contribution < -0.4 is 4.74 Å². The largest absolute Gasteiger partial charge is 0.497 e. The number of carbonyl (C=O) groups excluding carboxylic acids is 1. The minimum atomic E-state index is -0.468. The number of hydrogen-bond acceptors (Lipinski definition) is 7. The number of hydrogen-bond donors (Lipinski definition) is 0. The summed E-state index contributed by atoms with van der Waals surface area (Å²) < 4.78 is 15.3. The zero-order valence-corrected chi connectivity index (χ0v) is 13.7. The molecule has 7 heteroatoms. The Morgan fingerprint density at radius 3 is 3.04 bits per heavy atom. The molecule has 0 saturated heterocycles. The molecule has 6 nitrogen and oxygen atoms in total. The predicted octanol–water partition coefficient (Wildman–Crippen LogP) is 3.56. The van der Waals surface area contributed by atoms with Crippen molar-refractivity contribution in [3.05, 3.63) is 58.6 Å². The molecule has 0 aliphatic heterocycles. The molecule has 0 fully saturated rings. The molecular formula is C17H14N2O4S. The number of rotatable bonds is 6. The van der Waals surface area contributed by atoms with Crippen molar-refractivity contribution < 1.29 is 18.8 Å². The van der Waals surface area contributed by atoms with E-state index in [2.05, 4.69) is 10.1 Å². The van der Waals surface area contributed by atoms with Crippen LogP contribution in [0.3, 0.4) is 0 Å². The van der Waals surface area contributed by atoms with Gasteiger partial charge in [0.1, 0.15) is 5.75 Å². The van der Waals surface area contributed by atoms with E-state index < -0.39 is 5.97 Å². The Morgan fingerprint density at radius 2 is 2.25 bits per heavy atom. The Kier molecular flexibility index (Phi) is 5.02. The quantitative estimate of drug-likeness (QED) is 0.504. The average Bonchev–Trinajstić information content (AvgIpc) is 3.30. The summed E-state index contributed by atoms with van der Waals surface area (Å²) in [7, 11) is 1.59. The Labute approximate surface area is 142 Å². The average molecular weight is 342 g/mol. The molecule has 122 valence electrons. The van der Waals surface area contributed by atoms with Crippen LogP contribution in [0.25, 0.3) is 17.5 Å². The van der Waals surface area contributed by atoms with Crippen molar-refractivity contribution in [1.82, 2.24) is 10.1 Å². The standard InChI is InChI=1S/C17H14N2O4S/c1-21-13-5-2-4-12(10-13)17-18-15(23-19-17)11-22-16(20)8-7-14-6-3-9-24-14/h2-10H,11H2,1H3/b8-7+. The van der Waals surface area contributed by atoms with Crippen LogP contribution in [-0.2, 0) is 16.1 Å². The summed E-state index contributed by atoms with van der Waals surface area (Å²) in [6.07, 6.45) is 3.06. The van der Waals surface area contributed by atoms with Crippen molar-refractivity contribution in [2.75, 3.05) is 7.11 Å². The minimum Gasteiger partial charge on any atom is -0.497 e. The summed E-state index contributed by atoms with van der Waals surface area (Å²) >= 11 is 1.54. The van der Waals surface area contributed by atoms with Gasteiger partial charge in [-0.1, -0.05) is 23.4 Å². The predicted molar refractivity (Wildman–Crippen MR) is 89.4 cm³/mol. The summed E-state index contributed by atoms with van der Waals surface area (Å²) in [5.41, 5.74) is 0.758. The molecule has 0 aliphatic carbocycles. The Balaban J connectivity index is 1.58. The van der Waals surface area contributed by atoms with Gasteiger partial charge in [0.15, 0.2) is 6.61 Å². The summed E-state index contributed by atoms with van der Waals surface area (Å²) in [4.78, 5) is 16.8. The van der Waals surface area contributed by atoms with Crippen LogP contribution in [0.4, 0.5) is 0 Å². The third-order valence-electron chi connectivity index (χ3n) is 3.06. The van der Waals surface area contributed by atoms with Gasteiger partial charge in [-0.05, 0) is 29.7 Å².